The number of carbonyl (C=O) groups excluding carboxylic acids is 2. The number of hydrogen-bond donors (Lipinski definition) is 1. The first-order valence-corrected chi connectivity index (χ1v) is 9.40. The van der Waals surface area contributed by atoms with Crippen molar-refractivity contribution in [3.05, 3.63) is 70.0 Å². The molecule has 29 heavy (non-hydrogen) atoms. The maximum atomic E-state index is 12.4. The van der Waals surface area contributed by atoms with Crippen molar-refractivity contribution < 1.29 is 14.3 Å². The van der Waals surface area contributed by atoms with Crippen molar-refractivity contribution in [1.29, 1.82) is 0 Å². The predicted octanol–water partition coefficient (Wildman–Crippen LogP) is 3.39. The van der Waals surface area contributed by atoms with E-state index in [1.807, 2.05) is 0 Å². The first-order chi connectivity index (χ1) is 13.8. The Balaban J connectivity index is 1.59. The van der Waals surface area contributed by atoms with Crippen LogP contribution in [-0.4, -0.2) is 38.2 Å². The first-order valence-electron chi connectivity index (χ1n) is 8.65. The summed E-state index contributed by atoms with van der Waals surface area (Å²) in [6.45, 7) is 3.28. The Bertz CT molecular complexity index is 1010. The van der Waals surface area contributed by atoms with E-state index in [2.05, 4.69) is 20.8 Å². The molecular weight excluding hydrogens is 417 g/mol. The zero-order chi connectivity index (χ0) is 21.0. The van der Waals surface area contributed by atoms with Gasteiger partial charge in [-0.2, -0.15) is 0 Å². The summed E-state index contributed by atoms with van der Waals surface area (Å²) < 4.78 is 6.72. The van der Waals surface area contributed by atoms with Crippen LogP contribution in [0.15, 0.2) is 48.8 Å². The van der Waals surface area contributed by atoms with Crippen LogP contribution >= 0.6 is 23.2 Å². The number of nitrogens with zero attached hydrogens (tertiary/aromatic N) is 4. The zero-order valence-corrected chi connectivity index (χ0v) is 17.1. The van der Waals surface area contributed by atoms with E-state index in [4.69, 9.17) is 27.9 Å². The maximum Gasteiger partial charge on any atom is 0.338 e. The Labute approximate surface area is 176 Å². The lowest BCUT2D eigenvalue weighted by Crippen LogP contribution is -2.37. The number of amides is 1. The molecule has 0 radical (unpaired) electrons. The molecule has 0 unspecified atom stereocenters. The quantitative estimate of drug-likeness (QED) is 0.598. The fourth-order valence-corrected chi connectivity index (χ4v) is 3.15. The molecule has 0 saturated carbocycles. The van der Waals surface area contributed by atoms with Crippen LogP contribution in [0.5, 0.6) is 0 Å². The second kappa shape index (κ2) is 9.02. The van der Waals surface area contributed by atoms with Crippen molar-refractivity contribution in [2.24, 2.45) is 0 Å². The highest BCUT2D eigenvalue weighted by molar-refractivity contribution is 6.35. The molecule has 0 fully saturated rings. The molecule has 150 valence electrons. The molecule has 0 aliphatic rings. The Kier molecular flexibility index (Phi) is 6.46. The third kappa shape index (κ3) is 5.10. The summed E-state index contributed by atoms with van der Waals surface area (Å²) in [5.41, 5.74) is 1.70. The lowest BCUT2D eigenvalue weighted by Gasteiger charge is -2.19. The fraction of sp³-hybridized carbons (Fsp3) is 0.211. The van der Waals surface area contributed by atoms with Gasteiger partial charge in [-0.3, -0.25) is 4.79 Å². The lowest BCUT2D eigenvalue weighted by molar-refractivity contribution is -0.129. The van der Waals surface area contributed by atoms with Crippen LogP contribution in [0, 0.1) is 0 Å². The number of nitrogens with one attached hydrogen (secondary N) is 1. The van der Waals surface area contributed by atoms with Crippen molar-refractivity contribution in [3.63, 3.8) is 0 Å². The fourth-order valence-electron chi connectivity index (χ4n) is 2.57. The lowest BCUT2D eigenvalue weighted by atomic mass is 10.1. The normalized spacial score (nSPS) is 12.8. The highest BCUT2D eigenvalue weighted by Gasteiger charge is 2.22. The largest absolute Gasteiger partial charge is 0.449 e. The molecule has 1 aromatic heterocycles. The second-order valence-electron chi connectivity index (χ2n) is 6.24. The van der Waals surface area contributed by atoms with Gasteiger partial charge in [0.25, 0.3) is 5.91 Å². The summed E-state index contributed by atoms with van der Waals surface area (Å²) in [4.78, 5) is 24.7. The molecule has 0 bridgehead atoms. The number of benzene rings is 2. The van der Waals surface area contributed by atoms with Crippen LogP contribution in [0.3, 0.4) is 0 Å². The van der Waals surface area contributed by atoms with Crippen LogP contribution in [0.2, 0.25) is 10.0 Å². The molecule has 1 amide bonds. The SMILES string of the molecule is C[C@H](NC(=O)[C@@H](C)OC(=O)c1ccc(-n2cnnn2)cc1)c1ccc(Cl)cc1Cl. The number of carbonyl (C=O) groups is 2. The second-order valence-corrected chi connectivity index (χ2v) is 7.09. The molecule has 1 N–H and O–H groups in total. The van der Waals surface area contributed by atoms with E-state index in [1.165, 1.54) is 17.9 Å². The average molecular weight is 434 g/mol. The number of aromatic nitrogens is 4. The van der Waals surface area contributed by atoms with Gasteiger partial charge in [-0.1, -0.05) is 29.3 Å². The Morgan fingerprint density at radius 2 is 1.83 bits per heavy atom. The van der Waals surface area contributed by atoms with E-state index in [9.17, 15) is 9.59 Å². The molecule has 2 atom stereocenters. The van der Waals surface area contributed by atoms with Gasteiger partial charge in [-0.25, -0.2) is 9.48 Å². The van der Waals surface area contributed by atoms with Gasteiger partial charge in [0.1, 0.15) is 6.33 Å². The Morgan fingerprint density at radius 3 is 2.45 bits per heavy atom. The molecule has 3 rings (SSSR count). The van der Waals surface area contributed by atoms with Crippen molar-refractivity contribution in [2.75, 3.05) is 0 Å². The molecule has 8 nitrogen and oxygen atoms in total. The highest BCUT2D eigenvalue weighted by Crippen LogP contribution is 2.26. The van der Waals surface area contributed by atoms with Gasteiger partial charge >= 0.3 is 5.97 Å². The molecule has 10 heteroatoms. The van der Waals surface area contributed by atoms with Gasteiger partial charge in [0.15, 0.2) is 6.10 Å². The third-order valence-electron chi connectivity index (χ3n) is 4.16. The van der Waals surface area contributed by atoms with Crippen molar-refractivity contribution in [3.8, 4) is 5.69 Å². The van der Waals surface area contributed by atoms with Crippen LogP contribution in [0.1, 0.15) is 35.8 Å². The van der Waals surface area contributed by atoms with E-state index in [-0.39, 0.29) is 6.04 Å². The van der Waals surface area contributed by atoms with Gasteiger partial charge in [-0.15, -0.1) is 5.10 Å². The topological polar surface area (TPSA) is 99.0 Å². The molecular formula is C19H17Cl2N5O3. The van der Waals surface area contributed by atoms with E-state index in [0.717, 1.165) is 0 Å². The van der Waals surface area contributed by atoms with Crippen LogP contribution in [0.25, 0.3) is 5.69 Å². The van der Waals surface area contributed by atoms with Gasteiger partial charge in [-0.05, 0) is 66.2 Å². The molecule has 0 saturated heterocycles. The van der Waals surface area contributed by atoms with Crippen LogP contribution in [0.4, 0.5) is 0 Å². The van der Waals surface area contributed by atoms with Gasteiger partial charge in [0.05, 0.1) is 17.3 Å². The van der Waals surface area contributed by atoms with Gasteiger partial charge in [0, 0.05) is 10.0 Å². The monoisotopic (exact) mass is 433 g/mol. The first kappa shape index (κ1) is 20.8. The van der Waals surface area contributed by atoms with E-state index in [0.29, 0.717) is 26.9 Å². The molecule has 0 aliphatic heterocycles. The van der Waals surface area contributed by atoms with Crippen molar-refractivity contribution in [2.45, 2.75) is 26.0 Å². The number of halogens is 2. The molecule has 0 spiro atoms. The van der Waals surface area contributed by atoms with Crippen LogP contribution < -0.4 is 5.32 Å². The summed E-state index contributed by atoms with van der Waals surface area (Å²) in [7, 11) is 0. The smallest absolute Gasteiger partial charge is 0.338 e. The highest BCUT2D eigenvalue weighted by atomic mass is 35.5. The molecule has 1 heterocycles. The van der Waals surface area contributed by atoms with E-state index >= 15 is 0 Å². The van der Waals surface area contributed by atoms with Gasteiger partial charge in [0.2, 0.25) is 0 Å². The third-order valence-corrected chi connectivity index (χ3v) is 4.72. The minimum absolute atomic E-state index is 0.301. The van der Waals surface area contributed by atoms with E-state index < -0.39 is 18.0 Å². The van der Waals surface area contributed by atoms with Crippen molar-refractivity contribution in [1.82, 2.24) is 25.5 Å². The number of rotatable bonds is 6. The summed E-state index contributed by atoms with van der Waals surface area (Å²) in [6.07, 6.45) is 0.448. The zero-order valence-electron chi connectivity index (χ0n) is 15.5. The minimum atomic E-state index is -0.991. The number of ether oxygens (including phenoxy) is 1. The Morgan fingerprint density at radius 1 is 1.10 bits per heavy atom. The predicted molar refractivity (Wildman–Crippen MR) is 107 cm³/mol. The van der Waals surface area contributed by atoms with E-state index in [1.54, 1.807) is 49.4 Å². The summed E-state index contributed by atoms with van der Waals surface area (Å²) in [6, 6.07) is 11.1. The standard InChI is InChI=1S/C19H17Cl2N5O3/c1-11(16-8-5-14(20)9-17(16)21)23-18(27)12(2)29-19(28)13-3-6-15(7-4-13)26-10-22-24-25-26/h3-12H,1-2H3,(H,23,27)/t11-,12+/m0/s1. The number of esters is 1. The summed E-state index contributed by atoms with van der Waals surface area (Å²) in [5.74, 6) is -1.06. The molecule has 3 aromatic rings. The van der Waals surface area contributed by atoms with Gasteiger partial charge < -0.3 is 10.1 Å². The summed E-state index contributed by atoms with van der Waals surface area (Å²) >= 11 is 12.1. The number of tetrazole rings is 1. The molecule has 0 aliphatic carbocycles. The Hall–Kier alpha value is -2.97. The van der Waals surface area contributed by atoms with Crippen molar-refractivity contribution >= 4 is 35.1 Å². The van der Waals surface area contributed by atoms with Crippen LogP contribution in [-0.2, 0) is 9.53 Å². The summed E-state index contributed by atoms with van der Waals surface area (Å²) in [5, 5.41) is 14.6. The average Bonchev–Trinajstić information content (AvgIpc) is 3.22. The maximum absolute atomic E-state index is 12.4. The minimum Gasteiger partial charge on any atom is -0.449 e. The molecule has 2 aromatic carbocycles. The number of hydrogen-bond acceptors (Lipinski definition) is 6.